The Kier molecular flexibility index (Phi) is 4.67. The molecule has 25 heavy (non-hydrogen) atoms. The summed E-state index contributed by atoms with van der Waals surface area (Å²) in [5, 5.41) is 2.66. The van der Waals surface area contributed by atoms with Crippen molar-refractivity contribution in [2.24, 2.45) is 0 Å². The molecule has 0 spiro atoms. The average molecular weight is 410 g/mol. The number of carbonyl (C=O) groups excluding carboxylic acids is 1. The first-order chi connectivity index (χ1) is 11.8. The highest BCUT2D eigenvalue weighted by molar-refractivity contribution is 9.10. The van der Waals surface area contributed by atoms with E-state index in [2.05, 4.69) is 21.2 Å². The van der Waals surface area contributed by atoms with Gasteiger partial charge in [0, 0.05) is 15.7 Å². The van der Waals surface area contributed by atoms with Gasteiger partial charge in [-0.25, -0.2) is 0 Å². The lowest BCUT2D eigenvalue weighted by atomic mass is 10.1. The SMILES string of the molecule is O=C(Nc1cccc(Br)c1)c1ccc(-c2cccc(C(F)(F)F)c2)o1. The number of hydrogen-bond donors (Lipinski definition) is 1. The summed E-state index contributed by atoms with van der Waals surface area (Å²) in [6, 6.07) is 14.6. The van der Waals surface area contributed by atoms with Crippen molar-refractivity contribution >= 4 is 27.5 Å². The van der Waals surface area contributed by atoms with Crippen LogP contribution >= 0.6 is 15.9 Å². The Labute approximate surface area is 149 Å². The number of hydrogen-bond acceptors (Lipinski definition) is 2. The van der Waals surface area contributed by atoms with Gasteiger partial charge in [0.1, 0.15) is 5.76 Å². The van der Waals surface area contributed by atoms with Crippen LogP contribution in [0.25, 0.3) is 11.3 Å². The zero-order valence-corrected chi connectivity index (χ0v) is 14.2. The minimum absolute atomic E-state index is 0.00684. The van der Waals surface area contributed by atoms with Crippen LogP contribution in [0, 0.1) is 0 Å². The van der Waals surface area contributed by atoms with E-state index in [0.717, 1.165) is 16.6 Å². The molecule has 0 aliphatic carbocycles. The molecule has 0 aliphatic heterocycles. The Morgan fingerprint density at radius 2 is 1.76 bits per heavy atom. The van der Waals surface area contributed by atoms with E-state index < -0.39 is 17.6 Å². The second-order valence-corrected chi connectivity index (χ2v) is 6.12. The lowest BCUT2D eigenvalue weighted by molar-refractivity contribution is -0.137. The van der Waals surface area contributed by atoms with Gasteiger partial charge in [0.25, 0.3) is 5.91 Å². The molecule has 3 aromatic rings. The number of carbonyl (C=O) groups is 1. The molecule has 7 heteroatoms. The molecule has 3 nitrogen and oxygen atoms in total. The summed E-state index contributed by atoms with van der Waals surface area (Å²) in [4.78, 5) is 12.2. The minimum Gasteiger partial charge on any atom is -0.451 e. The van der Waals surface area contributed by atoms with E-state index in [0.29, 0.717) is 5.69 Å². The normalized spacial score (nSPS) is 11.4. The number of anilines is 1. The Balaban J connectivity index is 1.82. The highest BCUT2D eigenvalue weighted by Crippen LogP contribution is 2.32. The molecule has 3 rings (SSSR count). The number of rotatable bonds is 3. The molecule has 0 aliphatic rings. The number of amides is 1. The zero-order valence-electron chi connectivity index (χ0n) is 12.6. The molecular formula is C18H11BrF3NO2. The van der Waals surface area contributed by atoms with Gasteiger partial charge in [-0.05, 0) is 42.5 Å². The maximum absolute atomic E-state index is 12.8. The van der Waals surface area contributed by atoms with E-state index in [1.807, 2.05) is 6.07 Å². The monoisotopic (exact) mass is 409 g/mol. The third-order valence-electron chi connectivity index (χ3n) is 3.39. The lowest BCUT2D eigenvalue weighted by Crippen LogP contribution is -2.10. The van der Waals surface area contributed by atoms with Crippen molar-refractivity contribution in [3.63, 3.8) is 0 Å². The molecule has 0 fully saturated rings. The van der Waals surface area contributed by atoms with Crippen molar-refractivity contribution in [1.82, 2.24) is 0 Å². The fourth-order valence-corrected chi connectivity index (χ4v) is 2.62. The van der Waals surface area contributed by atoms with Crippen LogP contribution in [0.4, 0.5) is 18.9 Å². The molecule has 2 aromatic carbocycles. The largest absolute Gasteiger partial charge is 0.451 e. The van der Waals surface area contributed by atoms with E-state index in [1.165, 1.54) is 24.3 Å². The first-order valence-corrected chi connectivity index (χ1v) is 7.96. The van der Waals surface area contributed by atoms with Crippen molar-refractivity contribution in [2.75, 3.05) is 5.32 Å². The van der Waals surface area contributed by atoms with Gasteiger partial charge in [-0.1, -0.05) is 34.1 Å². The first-order valence-electron chi connectivity index (χ1n) is 7.17. The topological polar surface area (TPSA) is 42.2 Å². The number of nitrogens with one attached hydrogen (secondary N) is 1. The van der Waals surface area contributed by atoms with E-state index in [9.17, 15) is 18.0 Å². The predicted molar refractivity (Wildman–Crippen MR) is 91.2 cm³/mol. The van der Waals surface area contributed by atoms with Crippen LogP contribution in [0.15, 0.2) is 69.6 Å². The third kappa shape index (κ3) is 4.11. The molecule has 1 amide bonds. The molecule has 0 bridgehead atoms. The van der Waals surface area contributed by atoms with Crippen LogP contribution in [-0.2, 0) is 6.18 Å². The van der Waals surface area contributed by atoms with E-state index in [1.54, 1.807) is 18.2 Å². The van der Waals surface area contributed by atoms with E-state index in [-0.39, 0.29) is 17.1 Å². The molecule has 0 saturated heterocycles. The van der Waals surface area contributed by atoms with Gasteiger partial charge in [-0.3, -0.25) is 4.79 Å². The number of furan rings is 1. The highest BCUT2D eigenvalue weighted by atomic mass is 79.9. The molecule has 1 N–H and O–H groups in total. The van der Waals surface area contributed by atoms with Gasteiger partial charge < -0.3 is 9.73 Å². The van der Waals surface area contributed by atoms with Crippen molar-refractivity contribution in [3.05, 3.63) is 76.5 Å². The zero-order chi connectivity index (χ0) is 18.0. The standard InChI is InChI=1S/C18H11BrF3NO2/c19-13-5-2-6-14(10-13)23-17(24)16-8-7-15(25-16)11-3-1-4-12(9-11)18(20,21)22/h1-10H,(H,23,24). The summed E-state index contributed by atoms with van der Waals surface area (Å²) >= 11 is 3.30. The van der Waals surface area contributed by atoms with Crippen LogP contribution in [0.1, 0.15) is 16.1 Å². The number of halogens is 4. The van der Waals surface area contributed by atoms with Gasteiger partial charge in [0.2, 0.25) is 0 Å². The van der Waals surface area contributed by atoms with E-state index >= 15 is 0 Å². The molecule has 0 unspecified atom stereocenters. The predicted octanol–water partition coefficient (Wildman–Crippen LogP) is 5.98. The average Bonchev–Trinajstić information content (AvgIpc) is 3.04. The Morgan fingerprint density at radius 3 is 2.48 bits per heavy atom. The summed E-state index contributed by atoms with van der Waals surface area (Å²) in [6.07, 6.45) is -4.44. The second kappa shape index (κ2) is 6.76. The maximum atomic E-state index is 12.8. The summed E-state index contributed by atoms with van der Waals surface area (Å²) in [7, 11) is 0. The molecule has 1 heterocycles. The third-order valence-corrected chi connectivity index (χ3v) is 3.88. The Morgan fingerprint density at radius 1 is 1.00 bits per heavy atom. The van der Waals surface area contributed by atoms with Gasteiger partial charge in [-0.15, -0.1) is 0 Å². The summed E-state index contributed by atoms with van der Waals surface area (Å²) < 4.78 is 44.6. The smallest absolute Gasteiger partial charge is 0.416 e. The van der Waals surface area contributed by atoms with Gasteiger partial charge in [0.05, 0.1) is 5.56 Å². The Hall–Kier alpha value is -2.54. The maximum Gasteiger partial charge on any atom is 0.416 e. The van der Waals surface area contributed by atoms with E-state index in [4.69, 9.17) is 4.42 Å². The minimum atomic E-state index is -4.44. The van der Waals surface area contributed by atoms with Crippen LogP contribution in [0.2, 0.25) is 0 Å². The van der Waals surface area contributed by atoms with Gasteiger partial charge >= 0.3 is 6.18 Å². The highest BCUT2D eigenvalue weighted by Gasteiger charge is 2.30. The van der Waals surface area contributed by atoms with Crippen molar-refractivity contribution in [1.29, 1.82) is 0 Å². The fourth-order valence-electron chi connectivity index (χ4n) is 2.22. The van der Waals surface area contributed by atoms with Gasteiger partial charge in [0.15, 0.2) is 5.76 Å². The number of benzene rings is 2. The van der Waals surface area contributed by atoms with Crippen LogP contribution in [0.5, 0.6) is 0 Å². The van der Waals surface area contributed by atoms with Crippen molar-refractivity contribution < 1.29 is 22.4 Å². The molecule has 1 aromatic heterocycles. The van der Waals surface area contributed by atoms with Crippen molar-refractivity contribution in [2.45, 2.75) is 6.18 Å². The van der Waals surface area contributed by atoms with Gasteiger partial charge in [-0.2, -0.15) is 13.2 Å². The Bertz CT molecular complexity index is 918. The molecule has 0 saturated carbocycles. The second-order valence-electron chi connectivity index (χ2n) is 5.21. The summed E-state index contributed by atoms with van der Waals surface area (Å²) in [5.41, 5.74) is 0.0364. The van der Waals surface area contributed by atoms with Crippen molar-refractivity contribution in [3.8, 4) is 11.3 Å². The fraction of sp³-hybridized carbons (Fsp3) is 0.0556. The molecular weight excluding hydrogens is 399 g/mol. The van der Waals surface area contributed by atoms with Crippen LogP contribution in [0.3, 0.4) is 0 Å². The molecule has 0 atom stereocenters. The summed E-state index contributed by atoms with van der Waals surface area (Å²) in [6.45, 7) is 0. The first kappa shape index (κ1) is 17.3. The number of alkyl halides is 3. The lowest BCUT2D eigenvalue weighted by Gasteiger charge is -2.07. The quantitative estimate of drug-likeness (QED) is 0.577. The molecule has 128 valence electrons. The molecule has 0 radical (unpaired) electrons. The summed E-state index contributed by atoms with van der Waals surface area (Å²) in [5.74, 6) is -0.297. The van der Waals surface area contributed by atoms with Crippen LogP contribution < -0.4 is 5.32 Å². The van der Waals surface area contributed by atoms with Crippen LogP contribution in [-0.4, -0.2) is 5.91 Å².